The van der Waals surface area contributed by atoms with Crippen molar-refractivity contribution in [3.05, 3.63) is 125 Å². The normalized spacial score (nSPS) is 12.2. The monoisotopic (exact) mass is 546 g/mol. The molecule has 0 saturated heterocycles. The Balaban J connectivity index is 1.67. The van der Waals surface area contributed by atoms with Gasteiger partial charge in [0, 0.05) is 16.7 Å². The molecule has 0 N–H and O–H groups in total. The van der Waals surface area contributed by atoms with Crippen molar-refractivity contribution in [1.29, 1.82) is 0 Å². The van der Waals surface area contributed by atoms with E-state index in [4.69, 9.17) is 0 Å². The zero-order valence-corrected chi connectivity index (χ0v) is 22.7. The molecule has 4 rings (SSSR count). The summed E-state index contributed by atoms with van der Waals surface area (Å²) in [5, 5.41) is 0. The first kappa shape index (κ1) is 27.2. The lowest BCUT2D eigenvalue weighted by Crippen LogP contribution is -2.40. The maximum Gasteiger partial charge on any atom is 0.207 e. The van der Waals surface area contributed by atoms with Gasteiger partial charge in [0.15, 0.2) is 21.4 Å². The number of rotatable bonds is 8. The molecule has 0 fully saturated rings. The van der Waals surface area contributed by atoms with Gasteiger partial charge in [0.1, 0.15) is 4.75 Å². The molecule has 0 heterocycles. The molecule has 0 amide bonds. The molecule has 38 heavy (non-hydrogen) atoms. The third kappa shape index (κ3) is 4.85. The highest BCUT2D eigenvalue weighted by Gasteiger charge is 2.43. The van der Waals surface area contributed by atoms with Crippen LogP contribution in [-0.2, 0) is 19.7 Å². The van der Waals surface area contributed by atoms with E-state index in [0.29, 0.717) is 5.56 Å². The van der Waals surface area contributed by atoms with E-state index < -0.39 is 36.0 Å². The van der Waals surface area contributed by atoms with Crippen LogP contribution in [0.1, 0.15) is 45.7 Å². The Morgan fingerprint density at radius 3 is 1.74 bits per heavy atom. The number of benzene rings is 4. The van der Waals surface area contributed by atoms with E-state index in [1.807, 2.05) is 6.92 Å². The number of hydrogen-bond donors (Lipinski definition) is 0. The van der Waals surface area contributed by atoms with E-state index >= 15 is 0 Å². The summed E-state index contributed by atoms with van der Waals surface area (Å²) < 4.78 is 51.7. The van der Waals surface area contributed by atoms with Gasteiger partial charge in [-0.3, -0.25) is 9.59 Å². The molecule has 0 bridgehead atoms. The van der Waals surface area contributed by atoms with E-state index in [0.717, 1.165) is 5.56 Å². The summed E-state index contributed by atoms with van der Waals surface area (Å²) in [7, 11) is -8.16. The lowest BCUT2D eigenvalue weighted by atomic mass is 10.0. The van der Waals surface area contributed by atoms with Crippen LogP contribution in [0.15, 0.2) is 118 Å². The van der Waals surface area contributed by atoms with Crippen LogP contribution in [0.5, 0.6) is 0 Å². The molecule has 194 valence electrons. The Labute approximate surface area is 222 Å². The Morgan fingerprint density at radius 1 is 0.605 bits per heavy atom. The summed E-state index contributed by atoms with van der Waals surface area (Å²) in [6, 6.07) is 25.6. The fourth-order valence-electron chi connectivity index (χ4n) is 4.03. The molecule has 0 saturated carbocycles. The topological polar surface area (TPSA) is 102 Å². The molecular weight excluding hydrogens is 520 g/mol. The SMILES string of the molecule is Cc1ccc(S(=O)(=O)C(C)(C)C(=O)c2ccc(S(=O)(=O)c3ccccc3C(=O)c3ccccc3)cc2)cc1. The highest BCUT2D eigenvalue weighted by molar-refractivity contribution is 7.93. The third-order valence-corrected chi connectivity index (χ3v) is 10.7. The summed E-state index contributed by atoms with van der Waals surface area (Å²) in [5.41, 5.74) is 1.33. The molecule has 0 aliphatic heterocycles. The van der Waals surface area contributed by atoms with Crippen molar-refractivity contribution in [2.24, 2.45) is 0 Å². The standard InChI is InChI=1S/C30H26O6S2/c1-21-13-17-25(18-14-21)38(35,36)30(2,3)29(32)23-15-19-24(20-16-23)37(33,34)27-12-8-7-11-26(27)28(31)22-9-5-4-6-10-22/h4-20H,1-3H3. The van der Waals surface area contributed by atoms with Crippen molar-refractivity contribution in [3.8, 4) is 0 Å². The van der Waals surface area contributed by atoms with Crippen molar-refractivity contribution in [1.82, 2.24) is 0 Å². The van der Waals surface area contributed by atoms with Crippen molar-refractivity contribution < 1.29 is 26.4 Å². The average Bonchev–Trinajstić information content (AvgIpc) is 2.93. The Bertz CT molecular complexity index is 1720. The second-order valence-electron chi connectivity index (χ2n) is 9.38. The van der Waals surface area contributed by atoms with E-state index in [2.05, 4.69) is 0 Å². The number of hydrogen-bond acceptors (Lipinski definition) is 6. The Hall–Kier alpha value is -3.88. The van der Waals surface area contributed by atoms with Crippen LogP contribution in [0.4, 0.5) is 0 Å². The fourth-order valence-corrected chi connectivity index (χ4v) is 6.93. The van der Waals surface area contributed by atoms with Gasteiger partial charge in [0.2, 0.25) is 9.84 Å². The van der Waals surface area contributed by atoms with Gasteiger partial charge in [-0.05, 0) is 57.2 Å². The van der Waals surface area contributed by atoms with E-state index in [9.17, 15) is 26.4 Å². The molecule has 4 aromatic rings. The van der Waals surface area contributed by atoms with Crippen molar-refractivity contribution >= 4 is 31.2 Å². The van der Waals surface area contributed by atoms with Gasteiger partial charge in [-0.25, -0.2) is 16.8 Å². The van der Waals surface area contributed by atoms with Gasteiger partial charge in [-0.15, -0.1) is 0 Å². The largest absolute Gasteiger partial charge is 0.292 e. The second kappa shape index (κ2) is 10.1. The van der Waals surface area contributed by atoms with Gasteiger partial charge in [-0.2, -0.15) is 0 Å². The van der Waals surface area contributed by atoms with E-state index in [1.165, 1.54) is 68.4 Å². The molecule has 0 radical (unpaired) electrons. The predicted molar refractivity (Wildman–Crippen MR) is 145 cm³/mol. The van der Waals surface area contributed by atoms with Crippen molar-refractivity contribution in [3.63, 3.8) is 0 Å². The molecule has 0 spiro atoms. The molecule has 0 aliphatic carbocycles. The molecule has 0 atom stereocenters. The smallest absolute Gasteiger partial charge is 0.207 e. The number of carbonyl (C=O) groups is 2. The van der Waals surface area contributed by atoms with Crippen molar-refractivity contribution in [2.45, 2.75) is 40.2 Å². The lowest BCUT2D eigenvalue weighted by Gasteiger charge is -2.23. The van der Waals surface area contributed by atoms with Gasteiger partial charge >= 0.3 is 0 Å². The van der Waals surface area contributed by atoms with Gasteiger partial charge < -0.3 is 0 Å². The van der Waals surface area contributed by atoms with Gasteiger partial charge in [0.25, 0.3) is 0 Å². The molecule has 4 aromatic carbocycles. The molecule has 0 aliphatic rings. The summed E-state index contributed by atoms with van der Waals surface area (Å²) in [5.74, 6) is -1.10. The first-order valence-corrected chi connectivity index (χ1v) is 14.7. The number of sulfone groups is 2. The number of ketones is 2. The van der Waals surface area contributed by atoms with Gasteiger partial charge in [0.05, 0.1) is 14.7 Å². The van der Waals surface area contributed by atoms with Gasteiger partial charge in [-0.1, -0.05) is 72.3 Å². The molecule has 8 heteroatoms. The molecule has 0 aromatic heterocycles. The highest BCUT2D eigenvalue weighted by atomic mass is 32.2. The lowest BCUT2D eigenvalue weighted by molar-refractivity contribution is 0.0953. The number of Topliss-reactive ketones (excluding diaryl/α,β-unsaturated/α-hetero) is 1. The molecule has 0 unspecified atom stereocenters. The maximum atomic E-state index is 13.5. The van der Waals surface area contributed by atoms with Crippen LogP contribution in [0, 0.1) is 6.92 Å². The average molecular weight is 547 g/mol. The van der Waals surface area contributed by atoms with E-state index in [1.54, 1.807) is 48.5 Å². The van der Waals surface area contributed by atoms with Crippen LogP contribution in [0.3, 0.4) is 0 Å². The Morgan fingerprint density at radius 2 is 1.13 bits per heavy atom. The third-order valence-electron chi connectivity index (χ3n) is 6.43. The summed E-state index contributed by atoms with van der Waals surface area (Å²) in [4.78, 5) is 26.1. The van der Waals surface area contributed by atoms with Crippen LogP contribution in [-0.4, -0.2) is 33.1 Å². The number of carbonyl (C=O) groups excluding carboxylic acids is 2. The fraction of sp³-hybridized carbons (Fsp3) is 0.133. The summed E-state index contributed by atoms with van der Waals surface area (Å²) >= 11 is 0. The summed E-state index contributed by atoms with van der Waals surface area (Å²) in [6.07, 6.45) is 0. The first-order chi connectivity index (χ1) is 17.9. The maximum absolute atomic E-state index is 13.5. The predicted octanol–water partition coefficient (Wildman–Crippen LogP) is 5.49. The Kier molecular flexibility index (Phi) is 7.23. The quantitative estimate of drug-likeness (QED) is 0.271. The zero-order valence-electron chi connectivity index (χ0n) is 21.1. The number of aryl methyl sites for hydroxylation is 1. The first-order valence-electron chi connectivity index (χ1n) is 11.8. The van der Waals surface area contributed by atoms with Crippen LogP contribution < -0.4 is 0 Å². The van der Waals surface area contributed by atoms with Crippen LogP contribution in [0.25, 0.3) is 0 Å². The molecule has 6 nitrogen and oxygen atoms in total. The molecular formula is C30H26O6S2. The minimum absolute atomic E-state index is 0.0281. The van der Waals surface area contributed by atoms with Crippen LogP contribution >= 0.6 is 0 Å². The minimum atomic E-state index is -4.13. The zero-order chi connectivity index (χ0) is 27.7. The second-order valence-corrected chi connectivity index (χ2v) is 13.8. The van der Waals surface area contributed by atoms with Crippen molar-refractivity contribution in [2.75, 3.05) is 0 Å². The van der Waals surface area contributed by atoms with E-state index in [-0.39, 0.29) is 25.8 Å². The highest BCUT2D eigenvalue weighted by Crippen LogP contribution is 2.31. The minimum Gasteiger partial charge on any atom is -0.292 e. The summed E-state index contributed by atoms with van der Waals surface area (Å²) in [6.45, 7) is 4.50. The van der Waals surface area contributed by atoms with Crippen LogP contribution in [0.2, 0.25) is 0 Å².